The number of ether oxygens (including phenoxy) is 1. The van der Waals surface area contributed by atoms with Crippen LogP contribution in [-0.4, -0.2) is 13.2 Å². The molecule has 0 aromatic heterocycles. The Labute approximate surface area is 126 Å². The Morgan fingerprint density at radius 3 is 2.43 bits per heavy atom. The minimum Gasteiger partial charge on any atom is -0.496 e. The second kappa shape index (κ2) is 5.90. The smallest absolute Gasteiger partial charge is 0.122 e. The van der Waals surface area contributed by atoms with Crippen LogP contribution in [0, 0.1) is 12.8 Å². The van der Waals surface area contributed by atoms with E-state index in [9.17, 15) is 0 Å². The maximum atomic E-state index is 6.51. The van der Waals surface area contributed by atoms with Crippen molar-refractivity contribution in [2.24, 2.45) is 11.7 Å². The second-order valence-electron chi connectivity index (χ2n) is 6.12. The molecule has 1 unspecified atom stereocenters. The van der Waals surface area contributed by atoms with Gasteiger partial charge < -0.3 is 10.5 Å². The van der Waals surface area contributed by atoms with Crippen molar-refractivity contribution in [1.29, 1.82) is 0 Å². The summed E-state index contributed by atoms with van der Waals surface area (Å²) in [5, 5.41) is 0. The number of hydrogen-bond donors (Lipinski definition) is 1. The van der Waals surface area contributed by atoms with E-state index in [1.54, 1.807) is 7.11 Å². The molecule has 0 spiro atoms. The Bertz CT molecular complexity index is 610. The molecule has 0 saturated heterocycles. The van der Waals surface area contributed by atoms with Crippen molar-refractivity contribution in [2.75, 3.05) is 7.11 Å². The molecule has 0 aliphatic heterocycles. The number of methoxy groups -OCH3 is 1. The van der Waals surface area contributed by atoms with E-state index in [4.69, 9.17) is 10.5 Å². The molecule has 3 rings (SSSR count). The van der Waals surface area contributed by atoms with Crippen LogP contribution in [0.2, 0.25) is 0 Å². The molecule has 0 bridgehead atoms. The summed E-state index contributed by atoms with van der Waals surface area (Å²) in [6.07, 6.45) is 3.08. The highest BCUT2D eigenvalue weighted by Gasteiger charge is 2.26. The third kappa shape index (κ3) is 2.96. The van der Waals surface area contributed by atoms with Gasteiger partial charge in [0.1, 0.15) is 5.75 Å². The number of nitrogens with two attached hydrogens (primary N) is 1. The van der Waals surface area contributed by atoms with Gasteiger partial charge in [-0.25, -0.2) is 0 Å². The van der Waals surface area contributed by atoms with Gasteiger partial charge in [0.2, 0.25) is 0 Å². The predicted octanol–water partition coefficient (Wildman–Crippen LogP) is 3.29. The van der Waals surface area contributed by atoms with Crippen LogP contribution >= 0.6 is 0 Å². The highest BCUT2D eigenvalue weighted by Crippen LogP contribution is 2.30. The Balaban J connectivity index is 1.73. The molecule has 1 aliphatic carbocycles. The van der Waals surface area contributed by atoms with Gasteiger partial charge in [0.25, 0.3) is 0 Å². The van der Waals surface area contributed by atoms with Crippen LogP contribution in [0.5, 0.6) is 5.75 Å². The molecule has 2 nitrogen and oxygen atoms in total. The van der Waals surface area contributed by atoms with Gasteiger partial charge in [0.05, 0.1) is 7.11 Å². The molecule has 1 aliphatic rings. The van der Waals surface area contributed by atoms with E-state index in [1.807, 2.05) is 6.07 Å². The van der Waals surface area contributed by atoms with E-state index < -0.39 is 0 Å². The van der Waals surface area contributed by atoms with Crippen molar-refractivity contribution < 1.29 is 4.74 Å². The van der Waals surface area contributed by atoms with E-state index in [1.165, 1.54) is 22.3 Å². The number of aryl methyl sites for hydroxylation is 1. The lowest BCUT2D eigenvalue weighted by Gasteiger charge is -2.20. The molecule has 0 fully saturated rings. The Hall–Kier alpha value is -1.80. The van der Waals surface area contributed by atoms with Crippen molar-refractivity contribution >= 4 is 0 Å². The Morgan fingerprint density at radius 1 is 1.14 bits per heavy atom. The molecular weight excluding hydrogens is 258 g/mol. The summed E-state index contributed by atoms with van der Waals surface area (Å²) >= 11 is 0. The normalized spacial score (nSPS) is 15.8. The number of benzene rings is 2. The van der Waals surface area contributed by atoms with Crippen LogP contribution in [0.1, 0.15) is 22.3 Å². The van der Waals surface area contributed by atoms with Crippen molar-refractivity contribution in [3.8, 4) is 5.75 Å². The summed E-state index contributed by atoms with van der Waals surface area (Å²) in [5.41, 5.74) is 11.9. The van der Waals surface area contributed by atoms with Crippen molar-refractivity contribution in [2.45, 2.75) is 32.2 Å². The lowest BCUT2D eigenvalue weighted by molar-refractivity contribution is 0.396. The van der Waals surface area contributed by atoms with Gasteiger partial charge in [0, 0.05) is 6.04 Å². The molecule has 0 heterocycles. The molecule has 2 aromatic carbocycles. The van der Waals surface area contributed by atoms with Crippen molar-refractivity contribution in [1.82, 2.24) is 0 Å². The Kier molecular flexibility index (Phi) is 3.98. The fourth-order valence-electron chi connectivity index (χ4n) is 3.38. The summed E-state index contributed by atoms with van der Waals surface area (Å²) in [4.78, 5) is 0. The summed E-state index contributed by atoms with van der Waals surface area (Å²) in [7, 11) is 1.73. The SMILES string of the molecule is COc1ccc(C)cc1CC(N)C1Cc2ccccc2C1. The van der Waals surface area contributed by atoms with Gasteiger partial charge in [-0.3, -0.25) is 0 Å². The zero-order chi connectivity index (χ0) is 14.8. The van der Waals surface area contributed by atoms with Gasteiger partial charge in [-0.1, -0.05) is 42.0 Å². The van der Waals surface area contributed by atoms with Gasteiger partial charge in [-0.2, -0.15) is 0 Å². The molecule has 110 valence electrons. The monoisotopic (exact) mass is 281 g/mol. The third-order valence-electron chi connectivity index (χ3n) is 4.58. The molecule has 2 aromatic rings. The topological polar surface area (TPSA) is 35.2 Å². The molecular formula is C19H23NO. The average molecular weight is 281 g/mol. The summed E-state index contributed by atoms with van der Waals surface area (Å²) in [6.45, 7) is 2.11. The number of rotatable bonds is 4. The van der Waals surface area contributed by atoms with E-state index >= 15 is 0 Å². The zero-order valence-electron chi connectivity index (χ0n) is 12.8. The third-order valence-corrected chi connectivity index (χ3v) is 4.58. The first-order chi connectivity index (χ1) is 10.2. The van der Waals surface area contributed by atoms with E-state index in [2.05, 4.69) is 43.3 Å². The van der Waals surface area contributed by atoms with E-state index in [0.29, 0.717) is 5.92 Å². The molecule has 0 radical (unpaired) electrons. The average Bonchev–Trinajstić information content (AvgIpc) is 2.91. The minimum absolute atomic E-state index is 0.174. The number of fused-ring (bicyclic) bond motifs is 1. The molecule has 21 heavy (non-hydrogen) atoms. The first-order valence-electron chi connectivity index (χ1n) is 7.63. The zero-order valence-corrected chi connectivity index (χ0v) is 12.8. The minimum atomic E-state index is 0.174. The fourth-order valence-corrected chi connectivity index (χ4v) is 3.38. The first kappa shape index (κ1) is 14.2. The molecule has 1 atom stereocenters. The van der Waals surface area contributed by atoms with Crippen LogP contribution in [0.3, 0.4) is 0 Å². The predicted molar refractivity (Wildman–Crippen MR) is 86.8 cm³/mol. The van der Waals surface area contributed by atoms with Gasteiger partial charge in [0.15, 0.2) is 0 Å². The number of hydrogen-bond acceptors (Lipinski definition) is 2. The van der Waals surface area contributed by atoms with Crippen LogP contribution in [-0.2, 0) is 19.3 Å². The molecule has 0 saturated carbocycles. The van der Waals surface area contributed by atoms with E-state index in [0.717, 1.165) is 25.0 Å². The lowest BCUT2D eigenvalue weighted by atomic mass is 9.91. The van der Waals surface area contributed by atoms with Gasteiger partial charge >= 0.3 is 0 Å². The summed E-state index contributed by atoms with van der Waals surface area (Å²) < 4.78 is 5.47. The molecule has 0 amide bonds. The van der Waals surface area contributed by atoms with Crippen LogP contribution in [0.25, 0.3) is 0 Å². The Morgan fingerprint density at radius 2 is 1.81 bits per heavy atom. The maximum Gasteiger partial charge on any atom is 0.122 e. The molecule has 2 N–H and O–H groups in total. The highest BCUT2D eigenvalue weighted by atomic mass is 16.5. The fraction of sp³-hybridized carbons (Fsp3) is 0.368. The van der Waals surface area contributed by atoms with Crippen molar-refractivity contribution in [3.63, 3.8) is 0 Å². The van der Waals surface area contributed by atoms with Crippen LogP contribution in [0.4, 0.5) is 0 Å². The first-order valence-corrected chi connectivity index (χ1v) is 7.63. The van der Waals surface area contributed by atoms with Crippen LogP contribution < -0.4 is 10.5 Å². The summed E-state index contributed by atoms with van der Waals surface area (Å²) in [5.74, 6) is 1.49. The standard InChI is InChI=1S/C19H23NO/c1-13-7-8-19(21-2)17(9-13)12-18(20)16-10-14-5-3-4-6-15(14)11-16/h3-9,16,18H,10-12,20H2,1-2H3. The summed E-state index contributed by atoms with van der Waals surface area (Å²) in [6, 6.07) is 15.2. The lowest BCUT2D eigenvalue weighted by Crippen LogP contribution is -2.33. The maximum absolute atomic E-state index is 6.51. The molecule has 2 heteroatoms. The van der Waals surface area contributed by atoms with Gasteiger partial charge in [-0.05, 0) is 54.9 Å². The quantitative estimate of drug-likeness (QED) is 0.933. The van der Waals surface area contributed by atoms with Crippen LogP contribution in [0.15, 0.2) is 42.5 Å². The van der Waals surface area contributed by atoms with Gasteiger partial charge in [-0.15, -0.1) is 0 Å². The second-order valence-corrected chi connectivity index (χ2v) is 6.12. The van der Waals surface area contributed by atoms with E-state index in [-0.39, 0.29) is 6.04 Å². The highest BCUT2D eigenvalue weighted by molar-refractivity contribution is 5.38. The largest absolute Gasteiger partial charge is 0.496 e. The van der Waals surface area contributed by atoms with Crippen molar-refractivity contribution in [3.05, 3.63) is 64.7 Å².